The van der Waals surface area contributed by atoms with Crippen LogP contribution >= 0.6 is 11.6 Å². The first-order chi connectivity index (χ1) is 11.7. The predicted molar refractivity (Wildman–Crippen MR) is 95.6 cm³/mol. The molecule has 1 N–H and O–H groups in total. The molecule has 0 saturated carbocycles. The molecule has 1 unspecified atom stereocenters. The van der Waals surface area contributed by atoms with Crippen molar-refractivity contribution in [2.24, 2.45) is 0 Å². The molecule has 0 aliphatic heterocycles. The molecule has 0 aliphatic rings. The van der Waals surface area contributed by atoms with E-state index in [1.807, 2.05) is 47.3 Å². The molecule has 1 atom stereocenters. The Morgan fingerprint density at radius 2 is 2.17 bits per heavy atom. The van der Waals surface area contributed by atoms with Crippen LogP contribution in [0.1, 0.15) is 24.2 Å². The Morgan fingerprint density at radius 1 is 1.29 bits per heavy atom. The summed E-state index contributed by atoms with van der Waals surface area (Å²) in [5.41, 5.74) is 2.90. The molecule has 3 rings (SSSR count). The molecule has 24 heavy (non-hydrogen) atoms. The topological polar surface area (TPSA) is 52.0 Å². The maximum absolute atomic E-state index is 6.11. The molecule has 2 aromatic heterocycles. The van der Waals surface area contributed by atoms with E-state index in [1.54, 1.807) is 19.5 Å². The molecule has 0 aliphatic carbocycles. The third-order valence-electron chi connectivity index (χ3n) is 3.72. The lowest BCUT2D eigenvalue weighted by Gasteiger charge is -2.17. The smallest absolute Gasteiger partial charge is 0.124 e. The van der Waals surface area contributed by atoms with Crippen LogP contribution in [0.25, 0.3) is 0 Å². The Labute approximate surface area is 146 Å². The number of anilines is 1. The van der Waals surface area contributed by atoms with E-state index in [0.717, 1.165) is 22.7 Å². The van der Waals surface area contributed by atoms with Gasteiger partial charge in [0.25, 0.3) is 0 Å². The number of hydrogen-bond donors (Lipinski definition) is 1. The summed E-state index contributed by atoms with van der Waals surface area (Å²) >= 11 is 6.11. The third-order valence-corrected chi connectivity index (χ3v) is 3.96. The number of ether oxygens (including phenoxy) is 1. The number of methoxy groups -OCH3 is 1. The fourth-order valence-corrected chi connectivity index (χ4v) is 2.73. The van der Waals surface area contributed by atoms with Crippen LogP contribution in [0.2, 0.25) is 5.02 Å². The van der Waals surface area contributed by atoms with Crippen molar-refractivity contribution < 1.29 is 4.74 Å². The fourth-order valence-electron chi connectivity index (χ4n) is 2.55. The lowest BCUT2D eigenvalue weighted by molar-refractivity contribution is 0.408. The summed E-state index contributed by atoms with van der Waals surface area (Å²) in [4.78, 5) is 4.31. The van der Waals surface area contributed by atoms with Crippen molar-refractivity contribution in [3.05, 3.63) is 71.3 Å². The molecule has 0 radical (unpaired) electrons. The number of aromatic nitrogens is 3. The summed E-state index contributed by atoms with van der Waals surface area (Å²) in [6, 6.07) is 11.5. The number of pyridine rings is 1. The lowest BCUT2D eigenvalue weighted by Crippen LogP contribution is -2.08. The quantitative estimate of drug-likeness (QED) is 0.730. The van der Waals surface area contributed by atoms with Crippen molar-refractivity contribution in [3.63, 3.8) is 0 Å². The SMILES string of the molecule is COc1ccc(Cl)cc1C(C)Nc1cnn(Cc2ccccn2)c1. The number of nitrogens with one attached hydrogen (secondary N) is 1. The van der Waals surface area contributed by atoms with Gasteiger partial charge in [-0.2, -0.15) is 5.10 Å². The lowest BCUT2D eigenvalue weighted by atomic mass is 10.1. The molecule has 3 aromatic rings. The minimum absolute atomic E-state index is 0.0335. The van der Waals surface area contributed by atoms with Gasteiger partial charge in [-0.3, -0.25) is 9.67 Å². The second kappa shape index (κ2) is 7.36. The first-order valence-corrected chi connectivity index (χ1v) is 8.06. The Morgan fingerprint density at radius 3 is 2.92 bits per heavy atom. The van der Waals surface area contributed by atoms with Gasteiger partial charge in [0.1, 0.15) is 5.75 Å². The van der Waals surface area contributed by atoms with Gasteiger partial charge in [0.05, 0.1) is 37.3 Å². The molecule has 2 heterocycles. The van der Waals surface area contributed by atoms with Crippen LogP contribution in [-0.2, 0) is 6.54 Å². The average Bonchev–Trinajstić information content (AvgIpc) is 3.02. The van der Waals surface area contributed by atoms with E-state index in [0.29, 0.717) is 11.6 Å². The predicted octanol–water partition coefficient (Wildman–Crippen LogP) is 4.16. The zero-order chi connectivity index (χ0) is 16.9. The van der Waals surface area contributed by atoms with E-state index in [9.17, 15) is 0 Å². The Kier molecular flexibility index (Phi) is 5.01. The molecule has 0 bridgehead atoms. The maximum atomic E-state index is 6.11. The van der Waals surface area contributed by atoms with Crippen LogP contribution < -0.4 is 10.1 Å². The second-order valence-electron chi connectivity index (χ2n) is 5.50. The summed E-state index contributed by atoms with van der Waals surface area (Å²) in [6.45, 7) is 2.70. The van der Waals surface area contributed by atoms with E-state index < -0.39 is 0 Å². The minimum Gasteiger partial charge on any atom is -0.496 e. The molecular weight excluding hydrogens is 324 g/mol. The summed E-state index contributed by atoms with van der Waals surface area (Å²) < 4.78 is 7.27. The fraction of sp³-hybridized carbons (Fsp3) is 0.222. The van der Waals surface area contributed by atoms with E-state index in [4.69, 9.17) is 16.3 Å². The maximum Gasteiger partial charge on any atom is 0.124 e. The standard InChI is InChI=1S/C18H19ClN4O/c1-13(17-9-14(19)6-7-18(17)24-2)22-16-10-21-23(12-16)11-15-5-3-4-8-20-15/h3-10,12-13,22H,11H2,1-2H3. The van der Waals surface area contributed by atoms with E-state index in [2.05, 4.69) is 22.3 Å². The average molecular weight is 343 g/mol. The van der Waals surface area contributed by atoms with E-state index in [1.165, 1.54) is 0 Å². The summed E-state index contributed by atoms with van der Waals surface area (Å²) in [5.74, 6) is 0.806. The van der Waals surface area contributed by atoms with Crippen LogP contribution in [0.5, 0.6) is 5.75 Å². The Bertz CT molecular complexity index is 804. The first-order valence-electron chi connectivity index (χ1n) is 7.68. The number of hydrogen-bond acceptors (Lipinski definition) is 4. The molecule has 0 spiro atoms. The summed E-state index contributed by atoms with van der Waals surface area (Å²) in [7, 11) is 1.66. The Hall–Kier alpha value is -2.53. The zero-order valence-corrected chi connectivity index (χ0v) is 14.4. The van der Waals surface area contributed by atoms with Gasteiger partial charge < -0.3 is 10.1 Å². The summed E-state index contributed by atoms with van der Waals surface area (Å²) in [5, 5.41) is 8.48. The normalized spacial score (nSPS) is 12.0. The number of nitrogens with zero attached hydrogens (tertiary/aromatic N) is 3. The van der Waals surface area contributed by atoms with Gasteiger partial charge in [-0.05, 0) is 37.3 Å². The summed E-state index contributed by atoms with van der Waals surface area (Å²) in [6.07, 6.45) is 5.55. The highest BCUT2D eigenvalue weighted by molar-refractivity contribution is 6.30. The molecule has 6 heteroatoms. The van der Waals surface area contributed by atoms with Crippen LogP contribution in [0.3, 0.4) is 0 Å². The van der Waals surface area contributed by atoms with Gasteiger partial charge in [0.15, 0.2) is 0 Å². The van der Waals surface area contributed by atoms with Crippen molar-refractivity contribution in [1.82, 2.24) is 14.8 Å². The van der Waals surface area contributed by atoms with Crippen LogP contribution in [0.15, 0.2) is 55.0 Å². The Balaban J connectivity index is 1.71. The van der Waals surface area contributed by atoms with Gasteiger partial charge in [-0.1, -0.05) is 17.7 Å². The molecule has 1 aromatic carbocycles. The highest BCUT2D eigenvalue weighted by Gasteiger charge is 2.13. The minimum atomic E-state index is 0.0335. The number of benzene rings is 1. The van der Waals surface area contributed by atoms with E-state index >= 15 is 0 Å². The van der Waals surface area contributed by atoms with Crippen LogP contribution in [0, 0.1) is 0 Å². The molecule has 0 fully saturated rings. The second-order valence-corrected chi connectivity index (χ2v) is 5.94. The number of halogens is 1. The van der Waals surface area contributed by atoms with Gasteiger partial charge >= 0.3 is 0 Å². The zero-order valence-electron chi connectivity index (χ0n) is 13.6. The molecule has 5 nitrogen and oxygen atoms in total. The number of rotatable bonds is 6. The molecule has 124 valence electrons. The third kappa shape index (κ3) is 3.86. The van der Waals surface area contributed by atoms with Crippen molar-refractivity contribution in [2.45, 2.75) is 19.5 Å². The monoisotopic (exact) mass is 342 g/mol. The van der Waals surface area contributed by atoms with Crippen molar-refractivity contribution in [2.75, 3.05) is 12.4 Å². The van der Waals surface area contributed by atoms with Crippen molar-refractivity contribution >= 4 is 17.3 Å². The molecule has 0 amide bonds. The van der Waals surface area contributed by atoms with Crippen molar-refractivity contribution in [1.29, 1.82) is 0 Å². The highest BCUT2D eigenvalue weighted by Crippen LogP contribution is 2.30. The van der Waals surface area contributed by atoms with Gasteiger partial charge in [0.2, 0.25) is 0 Å². The van der Waals surface area contributed by atoms with Gasteiger partial charge in [0, 0.05) is 23.0 Å². The molecular formula is C18H19ClN4O. The van der Waals surface area contributed by atoms with Gasteiger partial charge in [-0.15, -0.1) is 0 Å². The van der Waals surface area contributed by atoms with Gasteiger partial charge in [-0.25, -0.2) is 0 Å². The largest absolute Gasteiger partial charge is 0.496 e. The van der Waals surface area contributed by atoms with Crippen molar-refractivity contribution in [3.8, 4) is 5.75 Å². The van der Waals surface area contributed by atoms with Crippen LogP contribution in [0.4, 0.5) is 5.69 Å². The highest BCUT2D eigenvalue weighted by atomic mass is 35.5. The first kappa shape index (κ1) is 16.3. The van der Waals surface area contributed by atoms with E-state index in [-0.39, 0.29) is 6.04 Å². The van der Waals surface area contributed by atoms with Crippen LogP contribution in [-0.4, -0.2) is 21.9 Å². The molecule has 0 saturated heterocycles.